The van der Waals surface area contributed by atoms with Crippen LogP contribution in [-0.2, 0) is 0 Å². The fraction of sp³-hybridized carbons (Fsp3) is 0.231. The van der Waals surface area contributed by atoms with E-state index in [0.717, 1.165) is 16.9 Å². The standard InChI is InChI=1S/C13H15N3S/c1-9(2)12-7-8-16(15-12)11-5-3-10(4-6-11)13(14)17/h3-9H,1-2H3,(H2,14,17). The highest BCUT2D eigenvalue weighted by Crippen LogP contribution is 2.14. The Morgan fingerprint density at radius 3 is 2.35 bits per heavy atom. The van der Waals surface area contributed by atoms with Crippen LogP contribution in [0.5, 0.6) is 0 Å². The van der Waals surface area contributed by atoms with Crippen molar-refractivity contribution in [3.05, 3.63) is 47.8 Å². The Labute approximate surface area is 106 Å². The molecule has 17 heavy (non-hydrogen) atoms. The van der Waals surface area contributed by atoms with E-state index in [1.165, 1.54) is 0 Å². The van der Waals surface area contributed by atoms with Gasteiger partial charge in [-0.3, -0.25) is 0 Å². The van der Waals surface area contributed by atoms with E-state index in [0.29, 0.717) is 10.9 Å². The average Bonchev–Trinajstić information content (AvgIpc) is 2.78. The first kappa shape index (κ1) is 11.8. The minimum Gasteiger partial charge on any atom is -0.389 e. The van der Waals surface area contributed by atoms with Crippen LogP contribution in [0.2, 0.25) is 0 Å². The monoisotopic (exact) mass is 245 g/mol. The van der Waals surface area contributed by atoms with Crippen LogP contribution >= 0.6 is 12.2 Å². The van der Waals surface area contributed by atoms with Crippen molar-refractivity contribution in [2.24, 2.45) is 5.73 Å². The molecular formula is C13H15N3S. The van der Waals surface area contributed by atoms with Crippen molar-refractivity contribution in [1.29, 1.82) is 0 Å². The molecule has 2 N–H and O–H groups in total. The van der Waals surface area contributed by atoms with Crippen LogP contribution < -0.4 is 5.73 Å². The second-order valence-corrected chi connectivity index (χ2v) is 4.69. The molecule has 3 nitrogen and oxygen atoms in total. The summed E-state index contributed by atoms with van der Waals surface area (Å²) in [7, 11) is 0. The molecule has 2 rings (SSSR count). The molecule has 0 radical (unpaired) electrons. The highest BCUT2D eigenvalue weighted by atomic mass is 32.1. The van der Waals surface area contributed by atoms with E-state index in [1.54, 1.807) is 0 Å². The Balaban J connectivity index is 2.30. The molecule has 1 aromatic carbocycles. The maximum Gasteiger partial charge on any atom is 0.103 e. The SMILES string of the molecule is CC(C)c1ccn(-c2ccc(C(N)=S)cc2)n1. The molecule has 2 aromatic rings. The lowest BCUT2D eigenvalue weighted by molar-refractivity contribution is 0.768. The van der Waals surface area contributed by atoms with E-state index < -0.39 is 0 Å². The van der Waals surface area contributed by atoms with Crippen LogP contribution in [0.25, 0.3) is 5.69 Å². The third-order valence-corrected chi connectivity index (χ3v) is 2.85. The Bertz CT molecular complexity index is 526. The number of rotatable bonds is 3. The van der Waals surface area contributed by atoms with Crippen molar-refractivity contribution in [2.75, 3.05) is 0 Å². The number of nitrogens with two attached hydrogens (primary N) is 1. The summed E-state index contributed by atoms with van der Waals surface area (Å²) in [6.07, 6.45) is 1.96. The van der Waals surface area contributed by atoms with Gasteiger partial charge in [-0.25, -0.2) is 4.68 Å². The van der Waals surface area contributed by atoms with Gasteiger partial charge in [0.05, 0.1) is 11.4 Å². The van der Waals surface area contributed by atoms with Crippen LogP contribution in [0.1, 0.15) is 31.0 Å². The summed E-state index contributed by atoms with van der Waals surface area (Å²) in [6.45, 7) is 4.26. The smallest absolute Gasteiger partial charge is 0.103 e. The van der Waals surface area contributed by atoms with Crippen molar-refractivity contribution >= 4 is 17.2 Å². The number of thiocarbonyl (C=S) groups is 1. The van der Waals surface area contributed by atoms with Crippen LogP contribution in [0.4, 0.5) is 0 Å². The third kappa shape index (κ3) is 2.53. The number of nitrogens with zero attached hydrogens (tertiary/aromatic N) is 2. The molecule has 1 aromatic heterocycles. The molecular weight excluding hydrogens is 230 g/mol. The van der Waals surface area contributed by atoms with Gasteiger partial charge in [0, 0.05) is 11.8 Å². The number of aromatic nitrogens is 2. The van der Waals surface area contributed by atoms with E-state index in [-0.39, 0.29) is 0 Å². The van der Waals surface area contributed by atoms with Gasteiger partial charge in [-0.05, 0) is 36.2 Å². The minimum absolute atomic E-state index is 0.417. The normalized spacial score (nSPS) is 10.8. The summed E-state index contributed by atoms with van der Waals surface area (Å²) >= 11 is 4.92. The van der Waals surface area contributed by atoms with Crippen molar-refractivity contribution in [3.63, 3.8) is 0 Å². The summed E-state index contributed by atoms with van der Waals surface area (Å²) in [5, 5.41) is 4.51. The van der Waals surface area contributed by atoms with E-state index in [1.807, 2.05) is 41.2 Å². The molecule has 0 aliphatic rings. The first-order valence-electron chi connectivity index (χ1n) is 5.53. The van der Waals surface area contributed by atoms with Gasteiger partial charge in [0.15, 0.2) is 0 Å². The summed E-state index contributed by atoms with van der Waals surface area (Å²) in [5.41, 5.74) is 8.53. The summed E-state index contributed by atoms with van der Waals surface area (Å²) in [5.74, 6) is 0.437. The maximum absolute atomic E-state index is 5.56. The van der Waals surface area contributed by atoms with Crippen LogP contribution in [0.15, 0.2) is 36.5 Å². The predicted octanol–water partition coefficient (Wildman–Crippen LogP) is 2.63. The number of hydrogen-bond donors (Lipinski definition) is 1. The van der Waals surface area contributed by atoms with Crippen LogP contribution in [-0.4, -0.2) is 14.8 Å². The predicted molar refractivity (Wildman–Crippen MR) is 73.5 cm³/mol. The quantitative estimate of drug-likeness (QED) is 0.845. The molecule has 0 aliphatic heterocycles. The molecule has 88 valence electrons. The zero-order valence-corrected chi connectivity index (χ0v) is 10.7. The Morgan fingerprint density at radius 2 is 1.88 bits per heavy atom. The van der Waals surface area contributed by atoms with Gasteiger partial charge in [-0.1, -0.05) is 26.1 Å². The summed E-state index contributed by atoms with van der Waals surface area (Å²) in [6, 6.07) is 9.78. The second-order valence-electron chi connectivity index (χ2n) is 4.25. The zero-order chi connectivity index (χ0) is 12.4. The highest BCUT2D eigenvalue weighted by molar-refractivity contribution is 7.80. The third-order valence-electron chi connectivity index (χ3n) is 2.62. The molecule has 0 amide bonds. The molecule has 0 unspecified atom stereocenters. The van der Waals surface area contributed by atoms with Gasteiger partial charge >= 0.3 is 0 Å². The first-order chi connectivity index (χ1) is 8.08. The fourth-order valence-electron chi connectivity index (χ4n) is 1.57. The fourth-order valence-corrected chi connectivity index (χ4v) is 1.70. The molecule has 0 atom stereocenters. The van der Waals surface area contributed by atoms with E-state index in [2.05, 4.69) is 18.9 Å². The topological polar surface area (TPSA) is 43.8 Å². The van der Waals surface area contributed by atoms with Gasteiger partial charge in [0.2, 0.25) is 0 Å². The van der Waals surface area contributed by atoms with Crippen LogP contribution in [0, 0.1) is 0 Å². The first-order valence-corrected chi connectivity index (χ1v) is 5.94. The van der Waals surface area contributed by atoms with Crippen molar-refractivity contribution in [2.45, 2.75) is 19.8 Å². The average molecular weight is 245 g/mol. The van der Waals surface area contributed by atoms with Gasteiger partial charge in [0.25, 0.3) is 0 Å². The number of hydrogen-bond acceptors (Lipinski definition) is 2. The van der Waals surface area contributed by atoms with Crippen molar-refractivity contribution < 1.29 is 0 Å². The van der Waals surface area contributed by atoms with Crippen LogP contribution in [0.3, 0.4) is 0 Å². The van der Waals surface area contributed by atoms with Crippen molar-refractivity contribution in [3.8, 4) is 5.69 Å². The Morgan fingerprint density at radius 1 is 1.24 bits per heavy atom. The molecule has 0 fully saturated rings. The lowest BCUT2D eigenvalue weighted by Gasteiger charge is -2.03. The van der Waals surface area contributed by atoms with E-state index >= 15 is 0 Å². The molecule has 1 heterocycles. The minimum atomic E-state index is 0.417. The maximum atomic E-state index is 5.56. The molecule has 0 saturated carbocycles. The van der Waals surface area contributed by atoms with Gasteiger partial charge < -0.3 is 5.73 Å². The largest absolute Gasteiger partial charge is 0.389 e. The van der Waals surface area contributed by atoms with E-state index in [9.17, 15) is 0 Å². The zero-order valence-electron chi connectivity index (χ0n) is 9.92. The summed E-state index contributed by atoms with van der Waals surface area (Å²) < 4.78 is 1.86. The van der Waals surface area contributed by atoms with E-state index in [4.69, 9.17) is 18.0 Å². The molecule has 0 aliphatic carbocycles. The summed E-state index contributed by atoms with van der Waals surface area (Å²) in [4.78, 5) is 0.417. The van der Waals surface area contributed by atoms with Gasteiger partial charge in [-0.15, -0.1) is 0 Å². The number of benzene rings is 1. The lowest BCUT2D eigenvalue weighted by atomic mass is 10.1. The van der Waals surface area contributed by atoms with Crippen molar-refractivity contribution in [1.82, 2.24) is 9.78 Å². The highest BCUT2D eigenvalue weighted by Gasteiger charge is 2.04. The van der Waals surface area contributed by atoms with Gasteiger partial charge in [0.1, 0.15) is 4.99 Å². The lowest BCUT2D eigenvalue weighted by Crippen LogP contribution is -2.09. The molecule has 4 heteroatoms. The molecule has 0 saturated heterocycles. The van der Waals surface area contributed by atoms with Gasteiger partial charge in [-0.2, -0.15) is 5.10 Å². The molecule has 0 spiro atoms. The Hall–Kier alpha value is -1.68. The molecule has 0 bridgehead atoms. The Kier molecular flexibility index (Phi) is 3.24. The second kappa shape index (κ2) is 4.67.